The van der Waals surface area contributed by atoms with Gasteiger partial charge in [-0.05, 0) is 44.4 Å². The Balaban J connectivity index is 1.77. The van der Waals surface area contributed by atoms with Gasteiger partial charge in [0.1, 0.15) is 0 Å². The summed E-state index contributed by atoms with van der Waals surface area (Å²) in [5.41, 5.74) is 0. The number of alkyl halides is 1. The van der Waals surface area contributed by atoms with Gasteiger partial charge in [0.25, 0.3) is 0 Å². The molecule has 2 saturated carbocycles. The molecule has 2 rings (SSSR count). The quantitative estimate of drug-likeness (QED) is 0.391. The fourth-order valence-electron chi connectivity index (χ4n) is 3.65. The van der Waals surface area contributed by atoms with Gasteiger partial charge in [0, 0.05) is 11.4 Å². The van der Waals surface area contributed by atoms with Crippen LogP contribution in [0.25, 0.3) is 0 Å². The van der Waals surface area contributed by atoms with Crippen LogP contribution in [-0.4, -0.2) is 23.8 Å². The minimum Gasteiger partial charge on any atom is -0.353 e. The van der Waals surface area contributed by atoms with E-state index in [0.29, 0.717) is 10.9 Å². The Bertz CT molecular complexity index is 259. The maximum absolute atomic E-state index is 6.13. The highest BCUT2D eigenvalue weighted by Gasteiger charge is 2.40. The van der Waals surface area contributed by atoms with Crippen LogP contribution in [0.2, 0.25) is 0 Å². The van der Waals surface area contributed by atoms with Crippen molar-refractivity contribution in [1.82, 2.24) is 0 Å². The monoisotopic (exact) mass is 332 g/mol. The van der Waals surface area contributed by atoms with E-state index in [-0.39, 0.29) is 6.29 Å². The molecule has 0 bridgehead atoms. The average molecular weight is 333 g/mol. The summed E-state index contributed by atoms with van der Waals surface area (Å²) in [4.78, 5) is 0.531. The maximum atomic E-state index is 6.13. The molecular weight excluding hydrogens is 304 g/mol. The van der Waals surface area contributed by atoms with Gasteiger partial charge in [0.2, 0.25) is 0 Å². The Morgan fingerprint density at radius 3 is 2.74 bits per heavy atom. The second-order valence-electron chi connectivity index (χ2n) is 6.20. The van der Waals surface area contributed by atoms with Crippen molar-refractivity contribution in [2.45, 2.75) is 82.4 Å². The van der Waals surface area contributed by atoms with Gasteiger partial charge in [0.05, 0.1) is 6.10 Å². The first-order chi connectivity index (χ1) is 9.22. The fraction of sp³-hybridized carbons (Fsp3) is 1.00. The van der Waals surface area contributed by atoms with Crippen molar-refractivity contribution in [1.29, 1.82) is 0 Å². The lowest BCUT2D eigenvalue weighted by atomic mass is 9.70. The van der Waals surface area contributed by atoms with Gasteiger partial charge < -0.3 is 9.47 Å². The third-order valence-electron chi connectivity index (χ3n) is 4.77. The molecule has 2 nitrogen and oxygen atoms in total. The van der Waals surface area contributed by atoms with E-state index in [1.165, 1.54) is 44.9 Å². The number of ether oxygens (including phenoxy) is 2. The van der Waals surface area contributed by atoms with Crippen LogP contribution in [0.4, 0.5) is 0 Å². The number of hydrogen-bond donors (Lipinski definition) is 0. The van der Waals surface area contributed by atoms with Gasteiger partial charge in [0.15, 0.2) is 6.29 Å². The van der Waals surface area contributed by atoms with Crippen molar-refractivity contribution in [2.75, 3.05) is 6.61 Å². The second-order valence-corrected chi connectivity index (χ2v) is 7.25. The van der Waals surface area contributed by atoms with Crippen molar-refractivity contribution < 1.29 is 9.47 Å². The molecule has 3 heteroatoms. The molecule has 0 N–H and O–H groups in total. The molecule has 0 aromatic rings. The molecule has 5 atom stereocenters. The fourth-order valence-corrected chi connectivity index (χ4v) is 4.73. The zero-order valence-corrected chi connectivity index (χ0v) is 14.0. The Morgan fingerprint density at radius 2 is 1.95 bits per heavy atom. The van der Waals surface area contributed by atoms with Crippen LogP contribution >= 0.6 is 15.9 Å². The molecule has 0 aromatic carbocycles. The van der Waals surface area contributed by atoms with E-state index in [1.54, 1.807) is 0 Å². The summed E-state index contributed by atoms with van der Waals surface area (Å²) >= 11 is 3.93. The van der Waals surface area contributed by atoms with Crippen LogP contribution < -0.4 is 0 Å². The Kier molecular flexibility index (Phi) is 6.64. The van der Waals surface area contributed by atoms with Gasteiger partial charge in [-0.3, -0.25) is 0 Å². The van der Waals surface area contributed by atoms with E-state index in [0.717, 1.165) is 24.9 Å². The summed E-state index contributed by atoms with van der Waals surface area (Å²) in [6, 6.07) is 0. The third kappa shape index (κ3) is 4.44. The number of fused-ring (bicyclic) bond motifs is 1. The molecule has 0 heterocycles. The van der Waals surface area contributed by atoms with Gasteiger partial charge in [-0.15, -0.1) is 0 Å². The third-order valence-corrected chi connectivity index (χ3v) is 6.04. The Morgan fingerprint density at radius 1 is 1.16 bits per heavy atom. The molecule has 0 radical (unpaired) electrons. The van der Waals surface area contributed by atoms with Crippen molar-refractivity contribution >= 4 is 15.9 Å². The zero-order valence-electron chi connectivity index (χ0n) is 12.4. The van der Waals surface area contributed by atoms with E-state index < -0.39 is 0 Å². The van der Waals surface area contributed by atoms with E-state index in [2.05, 4.69) is 22.9 Å². The summed E-state index contributed by atoms with van der Waals surface area (Å²) in [5, 5.41) is 0. The van der Waals surface area contributed by atoms with Gasteiger partial charge in [-0.25, -0.2) is 0 Å². The smallest absolute Gasteiger partial charge is 0.155 e. The van der Waals surface area contributed by atoms with Crippen LogP contribution in [0.1, 0.15) is 65.2 Å². The molecule has 19 heavy (non-hydrogen) atoms. The summed E-state index contributed by atoms with van der Waals surface area (Å²) < 4.78 is 11.9. The van der Waals surface area contributed by atoms with Gasteiger partial charge in [-0.1, -0.05) is 48.5 Å². The lowest BCUT2D eigenvalue weighted by Gasteiger charge is -2.43. The van der Waals surface area contributed by atoms with Crippen LogP contribution in [0, 0.1) is 11.8 Å². The molecular formula is C16H29BrO2. The molecule has 0 aromatic heterocycles. The predicted molar refractivity (Wildman–Crippen MR) is 82.6 cm³/mol. The van der Waals surface area contributed by atoms with E-state index in [1.807, 2.05) is 6.92 Å². The summed E-state index contributed by atoms with van der Waals surface area (Å²) in [7, 11) is 0. The van der Waals surface area contributed by atoms with Gasteiger partial charge >= 0.3 is 0 Å². The first kappa shape index (κ1) is 15.8. The highest BCUT2D eigenvalue weighted by molar-refractivity contribution is 9.09. The maximum Gasteiger partial charge on any atom is 0.155 e. The molecule has 2 aliphatic carbocycles. The topological polar surface area (TPSA) is 18.5 Å². The second kappa shape index (κ2) is 7.99. The molecule has 0 saturated heterocycles. The number of unbranched alkanes of at least 4 members (excludes halogenated alkanes) is 1. The molecule has 2 fully saturated rings. The van der Waals surface area contributed by atoms with Crippen LogP contribution in [0.15, 0.2) is 0 Å². The van der Waals surface area contributed by atoms with Crippen molar-refractivity contribution in [3.63, 3.8) is 0 Å². The van der Waals surface area contributed by atoms with Crippen molar-refractivity contribution in [3.8, 4) is 0 Å². The van der Waals surface area contributed by atoms with Crippen LogP contribution in [-0.2, 0) is 9.47 Å². The molecule has 0 aliphatic heterocycles. The minimum absolute atomic E-state index is 0.0586. The first-order valence-corrected chi connectivity index (χ1v) is 9.05. The molecule has 112 valence electrons. The highest BCUT2D eigenvalue weighted by Crippen LogP contribution is 2.44. The van der Waals surface area contributed by atoms with Crippen molar-refractivity contribution in [3.05, 3.63) is 0 Å². The number of rotatable bonds is 6. The standard InChI is InChI=1S/C16H29BrO2/c1-3-4-11-18-12(2)19-15-10-9-13-7-5-6-8-14(13)16(15)17/h12-16H,3-11H2,1-2H3. The average Bonchev–Trinajstić information content (AvgIpc) is 2.43. The SMILES string of the molecule is CCCCOC(C)OC1CCC2CCCCC2C1Br. The summed E-state index contributed by atoms with van der Waals surface area (Å²) in [6.07, 6.45) is 10.8. The van der Waals surface area contributed by atoms with E-state index in [9.17, 15) is 0 Å². The normalized spacial score (nSPS) is 36.8. The lowest BCUT2D eigenvalue weighted by molar-refractivity contribution is -0.171. The molecule has 0 spiro atoms. The predicted octanol–water partition coefficient (Wildman–Crippen LogP) is 4.90. The minimum atomic E-state index is -0.0586. The number of hydrogen-bond acceptors (Lipinski definition) is 2. The van der Waals surface area contributed by atoms with E-state index >= 15 is 0 Å². The molecule has 5 unspecified atom stereocenters. The van der Waals surface area contributed by atoms with E-state index in [4.69, 9.17) is 9.47 Å². The molecule has 2 aliphatic rings. The molecule has 0 amide bonds. The summed E-state index contributed by atoms with van der Waals surface area (Å²) in [5.74, 6) is 1.77. The largest absolute Gasteiger partial charge is 0.353 e. The van der Waals surface area contributed by atoms with Crippen LogP contribution in [0.5, 0.6) is 0 Å². The van der Waals surface area contributed by atoms with Gasteiger partial charge in [-0.2, -0.15) is 0 Å². The van der Waals surface area contributed by atoms with Crippen LogP contribution in [0.3, 0.4) is 0 Å². The number of halogens is 1. The Labute approximate surface area is 126 Å². The lowest BCUT2D eigenvalue weighted by Crippen LogP contribution is -2.43. The first-order valence-electron chi connectivity index (χ1n) is 8.13. The van der Waals surface area contributed by atoms with Crippen molar-refractivity contribution in [2.24, 2.45) is 11.8 Å². The highest BCUT2D eigenvalue weighted by atomic mass is 79.9. The summed E-state index contributed by atoms with van der Waals surface area (Å²) in [6.45, 7) is 5.06. The zero-order chi connectivity index (χ0) is 13.7. The Hall–Kier alpha value is 0.400.